The molecule has 0 aliphatic rings. The molecule has 6 rings (SSSR count). The van der Waals surface area contributed by atoms with Crippen molar-refractivity contribution in [1.29, 1.82) is 0 Å². The van der Waals surface area contributed by atoms with Crippen molar-refractivity contribution in [2.24, 2.45) is 0 Å². The van der Waals surface area contributed by atoms with Crippen LogP contribution in [0.3, 0.4) is 0 Å². The Bertz CT molecular complexity index is 1790. The molecule has 0 amide bonds. The van der Waals surface area contributed by atoms with Crippen LogP contribution < -0.4 is 0 Å². The van der Waals surface area contributed by atoms with Crippen LogP contribution in [0.1, 0.15) is 23.2 Å². The molecule has 17 heteroatoms. The molecule has 4 heterocycles. The van der Waals surface area contributed by atoms with E-state index in [9.17, 15) is 0 Å². The summed E-state index contributed by atoms with van der Waals surface area (Å²) in [7, 11) is 0. The highest BCUT2D eigenvalue weighted by Crippen LogP contribution is 2.48. The highest BCUT2D eigenvalue weighted by Gasteiger charge is 2.56. The van der Waals surface area contributed by atoms with E-state index in [4.69, 9.17) is 23.2 Å². The Labute approximate surface area is 264 Å². The first kappa shape index (κ1) is 30.4. The van der Waals surface area contributed by atoms with E-state index in [1.54, 1.807) is 24.3 Å². The van der Waals surface area contributed by atoms with Crippen LogP contribution in [-0.4, -0.2) is 70.4 Å². The highest BCUT2D eigenvalue weighted by molar-refractivity contribution is 6.30. The van der Waals surface area contributed by atoms with Gasteiger partial charge in [-0.3, -0.25) is 0 Å². The van der Waals surface area contributed by atoms with E-state index in [1.165, 1.54) is 81.5 Å². The fourth-order valence-electron chi connectivity index (χ4n) is 5.65. The molecule has 4 atom stereocenters. The molecule has 0 bridgehead atoms. The lowest BCUT2D eigenvalue weighted by molar-refractivity contribution is -0.0474. The molecule has 232 valence electrons. The largest absolute Gasteiger partial charge is 0.250 e. The first-order valence-electron chi connectivity index (χ1n) is 13.6. The van der Waals surface area contributed by atoms with Gasteiger partial charge in [0.2, 0.25) is 0 Å². The molecule has 6 aromatic rings. The quantitative estimate of drug-likeness (QED) is 0.177. The molecule has 0 aliphatic heterocycles. The van der Waals surface area contributed by atoms with Crippen molar-refractivity contribution in [3.63, 3.8) is 0 Å². The van der Waals surface area contributed by atoms with Gasteiger partial charge in [0, 0.05) is 22.9 Å². The first-order chi connectivity index (χ1) is 21.7. The van der Waals surface area contributed by atoms with Crippen molar-refractivity contribution < 1.29 is 13.2 Å². The summed E-state index contributed by atoms with van der Waals surface area (Å²) in [6.07, 6.45) is 9.43. The maximum atomic E-state index is 18.3. The summed E-state index contributed by atoms with van der Waals surface area (Å²) >= 11 is 12.1. The van der Waals surface area contributed by atoms with E-state index in [2.05, 4.69) is 40.3 Å². The molecule has 0 N–H and O–H groups in total. The van der Waals surface area contributed by atoms with Gasteiger partial charge in [-0.25, -0.2) is 51.8 Å². The Balaban J connectivity index is 1.56. The molecule has 4 aromatic heterocycles. The molecule has 2 aromatic carbocycles. The number of rotatable bonds is 13. The highest BCUT2D eigenvalue weighted by atomic mass is 35.5. The van der Waals surface area contributed by atoms with Crippen LogP contribution in [0.15, 0.2) is 93.1 Å². The summed E-state index contributed by atoms with van der Waals surface area (Å²) in [5.41, 5.74) is -4.30. The molecule has 0 saturated carbocycles. The van der Waals surface area contributed by atoms with Crippen molar-refractivity contribution in [2.45, 2.75) is 49.4 Å². The molecular weight excluding hydrogens is 632 g/mol. The zero-order valence-corrected chi connectivity index (χ0v) is 24.9. The summed E-state index contributed by atoms with van der Waals surface area (Å²) in [6, 6.07) is 7.58. The second kappa shape index (κ2) is 12.8. The van der Waals surface area contributed by atoms with Gasteiger partial charge in [0.25, 0.3) is 0 Å². The Kier molecular flexibility index (Phi) is 8.63. The van der Waals surface area contributed by atoms with Crippen molar-refractivity contribution in [3.8, 4) is 0 Å². The van der Waals surface area contributed by atoms with Gasteiger partial charge in [-0.15, -0.1) is 0 Å². The van der Waals surface area contributed by atoms with Gasteiger partial charge in [-0.05, 0) is 35.4 Å². The Morgan fingerprint density at radius 2 is 1.11 bits per heavy atom. The molecule has 45 heavy (non-hydrogen) atoms. The summed E-state index contributed by atoms with van der Waals surface area (Å²) in [4.78, 5) is 16.0. The molecule has 0 saturated heterocycles. The number of benzene rings is 2. The third-order valence-electron chi connectivity index (χ3n) is 7.50. The normalized spacial score (nSPS) is 15.8. The number of halogens is 5. The summed E-state index contributed by atoms with van der Waals surface area (Å²) in [5.74, 6) is -0.729. The molecule has 0 spiro atoms. The maximum absolute atomic E-state index is 18.3. The molecular formula is C28H25Cl2F3N12. The first-order valence-corrected chi connectivity index (χ1v) is 14.4. The summed E-state index contributed by atoms with van der Waals surface area (Å²) in [5, 5.41) is 17.4. The molecule has 0 fully saturated rings. The number of nitrogens with zero attached hydrogens (tertiary/aromatic N) is 12. The lowest BCUT2D eigenvalue weighted by atomic mass is 9.76. The van der Waals surface area contributed by atoms with E-state index >= 15 is 13.2 Å². The van der Waals surface area contributed by atoms with Crippen molar-refractivity contribution in [1.82, 2.24) is 59.1 Å². The zero-order chi connectivity index (χ0) is 31.4. The molecule has 0 radical (unpaired) electrons. The molecule has 12 nitrogen and oxygen atoms in total. The SMILES string of the molecule is Fc1cc(Cl)ccc1CC(F)(Cn1cncn1)C(C(n1cncn1)C(F)(Cc1ccc(Cl)cc1)Cn1cncn1)n1cncn1. The van der Waals surface area contributed by atoms with Crippen molar-refractivity contribution >= 4 is 23.2 Å². The van der Waals surface area contributed by atoms with Crippen LogP contribution in [0.5, 0.6) is 0 Å². The predicted octanol–water partition coefficient (Wildman–Crippen LogP) is 4.58. The van der Waals surface area contributed by atoms with Crippen LogP contribution in [0.25, 0.3) is 0 Å². The zero-order valence-electron chi connectivity index (χ0n) is 23.4. The standard InChI is InChI=1S/C28H25Cl2F3N12/c29-22-4-1-20(2-5-22)8-27(32,10-42-16-34-12-38-42)25(44-18-36-14-40-44)26(45-19-37-15-41-45)28(33,11-43-17-35-13-39-43)9-21-3-6-23(30)7-24(21)31/h1-7,12-19,25-26H,8-11H2. The number of hydrogen-bond acceptors (Lipinski definition) is 8. The van der Waals surface area contributed by atoms with E-state index < -0.39 is 42.2 Å². The second-order valence-electron chi connectivity index (χ2n) is 10.6. The average molecular weight is 657 g/mol. The van der Waals surface area contributed by atoms with E-state index in [-0.39, 0.29) is 23.6 Å². The van der Waals surface area contributed by atoms with Gasteiger partial charge >= 0.3 is 0 Å². The van der Waals surface area contributed by atoms with Gasteiger partial charge in [0.1, 0.15) is 68.5 Å². The molecule has 4 unspecified atom stereocenters. The smallest absolute Gasteiger partial charge is 0.159 e. The maximum Gasteiger partial charge on any atom is 0.159 e. The molecule has 0 aliphatic carbocycles. The lowest BCUT2D eigenvalue weighted by Gasteiger charge is -2.44. The number of aromatic nitrogens is 12. The van der Waals surface area contributed by atoms with Gasteiger partial charge in [0.15, 0.2) is 11.3 Å². The Morgan fingerprint density at radius 3 is 1.58 bits per heavy atom. The van der Waals surface area contributed by atoms with Gasteiger partial charge in [-0.2, -0.15) is 20.4 Å². The minimum absolute atomic E-state index is 0.00269. The van der Waals surface area contributed by atoms with Crippen LogP contribution >= 0.6 is 23.2 Å². The van der Waals surface area contributed by atoms with Crippen LogP contribution in [-0.2, 0) is 25.9 Å². The third-order valence-corrected chi connectivity index (χ3v) is 7.98. The van der Waals surface area contributed by atoms with Crippen LogP contribution in [0.2, 0.25) is 10.0 Å². The number of alkyl halides is 2. The van der Waals surface area contributed by atoms with Gasteiger partial charge in [-0.1, -0.05) is 41.4 Å². The van der Waals surface area contributed by atoms with E-state index in [1.807, 2.05) is 0 Å². The van der Waals surface area contributed by atoms with Crippen molar-refractivity contribution in [2.75, 3.05) is 0 Å². The summed E-state index contributed by atoms with van der Waals surface area (Å²) in [6.45, 7) is -0.842. The number of hydrogen-bond donors (Lipinski definition) is 0. The second-order valence-corrected chi connectivity index (χ2v) is 11.5. The lowest BCUT2D eigenvalue weighted by Crippen LogP contribution is -2.54. The van der Waals surface area contributed by atoms with E-state index in [0.29, 0.717) is 10.6 Å². The van der Waals surface area contributed by atoms with Crippen LogP contribution in [0.4, 0.5) is 13.2 Å². The van der Waals surface area contributed by atoms with Gasteiger partial charge in [0.05, 0.1) is 13.1 Å². The van der Waals surface area contributed by atoms with Crippen molar-refractivity contribution in [3.05, 3.63) is 120 Å². The average Bonchev–Trinajstić information content (AvgIpc) is 3.84. The topological polar surface area (TPSA) is 123 Å². The minimum atomic E-state index is -2.51. The third kappa shape index (κ3) is 6.73. The fraction of sp³-hybridized carbons (Fsp3) is 0.286. The van der Waals surface area contributed by atoms with Gasteiger partial charge < -0.3 is 0 Å². The Hall–Kier alpha value is -4.63. The minimum Gasteiger partial charge on any atom is -0.250 e. The monoisotopic (exact) mass is 656 g/mol. The predicted molar refractivity (Wildman–Crippen MR) is 156 cm³/mol. The fourth-order valence-corrected chi connectivity index (χ4v) is 5.93. The van der Waals surface area contributed by atoms with E-state index in [0.717, 1.165) is 6.07 Å². The Morgan fingerprint density at radius 1 is 0.622 bits per heavy atom. The summed E-state index contributed by atoms with van der Waals surface area (Å²) < 4.78 is 57.0. The van der Waals surface area contributed by atoms with Crippen LogP contribution in [0, 0.1) is 5.82 Å².